The van der Waals surface area contributed by atoms with Gasteiger partial charge >= 0.3 is 0 Å². The minimum atomic E-state index is -0.315. The predicted molar refractivity (Wildman–Crippen MR) is 83.4 cm³/mol. The van der Waals surface area contributed by atoms with E-state index < -0.39 is 0 Å². The number of nitrogens with zero attached hydrogens (tertiary/aromatic N) is 2. The van der Waals surface area contributed by atoms with Crippen molar-refractivity contribution in [1.29, 1.82) is 5.26 Å². The van der Waals surface area contributed by atoms with E-state index in [1.165, 1.54) is 32.4 Å². The molecule has 2 atom stereocenters. The molecule has 1 aliphatic heterocycles. The highest BCUT2D eigenvalue weighted by Gasteiger charge is 2.34. The van der Waals surface area contributed by atoms with Gasteiger partial charge in [-0.2, -0.15) is 5.26 Å². The highest BCUT2D eigenvalue weighted by atomic mass is 15.1. The molecule has 0 aromatic rings. The molecule has 0 aromatic heterocycles. The number of rotatable bonds is 6. The Morgan fingerprint density at radius 1 is 1.20 bits per heavy atom. The molecule has 1 N–H and O–H groups in total. The zero-order valence-electron chi connectivity index (χ0n) is 13.7. The molecule has 20 heavy (non-hydrogen) atoms. The van der Waals surface area contributed by atoms with E-state index in [-0.39, 0.29) is 5.54 Å². The van der Waals surface area contributed by atoms with Crippen LogP contribution in [0.25, 0.3) is 0 Å². The summed E-state index contributed by atoms with van der Waals surface area (Å²) in [5.74, 6) is 0.828. The van der Waals surface area contributed by atoms with Crippen molar-refractivity contribution in [3.8, 4) is 6.07 Å². The highest BCUT2D eigenvalue weighted by molar-refractivity contribution is 5.07. The SMILES string of the molecule is CC(C#N)(CCCN1CCC(C(C)(C)C)C1)NC1CC1. The van der Waals surface area contributed by atoms with Crippen molar-refractivity contribution >= 4 is 0 Å². The molecule has 1 aliphatic carbocycles. The van der Waals surface area contributed by atoms with Crippen molar-refractivity contribution in [2.45, 2.75) is 71.4 Å². The second-order valence-corrected chi connectivity index (χ2v) is 8.12. The quantitative estimate of drug-likeness (QED) is 0.810. The molecule has 1 saturated carbocycles. The number of hydrogen-bond acceptors (Lipinski definition) is 3. The van der Waals surface area contributed by atoms with E-state index in [0.29, 0.717) is 11.5 Å². The molecule has 2 aliphatic rings. The molecular weight excluding hydrogens is 246 g/mol. The first-order valence-electron chi connectivity index (χ1n) is 8.24. The second-order valence-electron chi connectivity index (χ2n) is 8.12. The van der Waals surface area contributed by atoms with Crippen LogP contribution in [0.5, 0.6) is 0 Å². The Hall–Kier alpha value is -0.590. The Balaban J connectivity index is 1.69. The summed E-state index contributed by atoms with van der Waals surface area (Å²) < 4.78 is 0. The van der Waals surface area contributed by atoms with Crippen molar-refractivity contribution < 1.29 is 0 Å². The van der Waals surface area contributed by atoms with E-state index in [0.717, 1.165) is 25.3 Å². The molecule has 0 bridgehead atoms. The fourth-order valence-electron chi connectivity index (χ4n) is 3.24. The standard InChI is InChI=1S/C17H31N3/c1-16(2,3)14-8-11-20(12-14)10-5-9-17(4,13-18)19-15-6-7-15/h14-15,19H,5-12H2,1-4H3. The third-order valence-electron chi connectivity index (χ3n) is 5.00. The zero-order chi connectivity index (χ0) is 14.8. The second kappa shape index (κ2) is 6.03. The van der Waals surface area contributed by atoms with Crippen molar-refractivity contribution in [3.63, 3.8) is 0 Å². The topological polar surface area (TPSA) is 39.1 Å². The lowest BCUT2D eigenvalue weighted by molar-refractivity contribution is 0.225. The molecule has 1 saturated heterocycles. The minimum Gasteiger partial charge on any atom is -0.303 e. The lowest BCUT2D eigenvalue weighted by atomic mass is 9.80. The van der Waals surface area contributed by atoms with Gasteiger partial charge in [0.05, 0.1) is 6.07 Å². The Bertz CT molecular complexity index is 361. The minimum absolute atomic E-state index is 0.315. The molecule has 3 nitrogen and oxygen atoms in total. The molecule has 2 rings (SSSR count). The monoisotopic (exact) mass is 277 g/mol. The average molecular weight is 277 g/mol. The largest absolute Gasteiger partial charge is 0.303 e. The Labute approximate surface area is 124 Å². The molecule has 0 spiro atoms. The van der Waals surface area contributed by atoms with Crippen LogP contribution < -0.4 is 5.32 Å². The van der Waals surface area contributed by atoms with E-state index >= 15 is 0 Å². The Kier molecular flexibility index (Phi) is 4.76. The summed E-state index contributed by atoms with van der Waals surface area (Å²) in [5.41, 5.74) is 0.119. The maximum absolute atomic E-state index is 9.38. The van der Waals surface area contributed by atoms with Gasteiger partial charge in [0.2, 0.25) is 0 Å². The third-order valence-corrected chi connectivity index (χ3v) is 5.00. The number of hydrogen-bond donors (Lipinski definition) is 1. The fourth-order valence-corrected chi connectivity index (χ4v) is 3.24. The van der Waals surface area contributed by atoms with E-state index in [4.69, 9.17) is 0 Å². The van der Waals surface area contributed by atoms with E-state index in [1.807, 2.05) is 0 Å². The molecule has 0 radical (unpaired) electrons. The first-order chi connectivity index (χ1) is 9.32. The smallest absolute Gasteiger partial charge is 0.104 e. The first kappa shape index (κ1) is 15.8. The van der Waals surface area contributed by atoms with Gasteiger partial charge in [-0.25, -0.2) is 0 Å². The number of nitriles is 1. The maximum atomic E-state index is 9.38. The lowest BCUT2D eigenvalue weighted by Crippen LogP contribution is -2.42. The van der Waals surface area contributed by atoms with Gasteiger partial charge in [-0.1, -0.05) is 20.8 Å². The average Bonchev–Trinajstić information content (AvgIpc) is 3.02. The van der Waals surface area contributed by atoms with Crippen molar-refractivity contribution in [2.24, 2.45) is 11.3 Å². The summed E-state index contributed by atoms with van der Waals surface area (Å²) in [6.45, 7) is 12.8. The Morgan fingerprint density at radius 2 is 1.90 bits per heavy atom. The van der Waals surface area contributed by atoms with Gasteiger partial charge in [0.1, 0.15) is 5.54 Å². The Morgan fingerprint density at radius 3 is 2.40 bits per heavy atom. The molecule has 2 fully saturated rings. The van der Waals surface area contributed by atoms with Crippen molar-refractivity contribution in [1.82, 2.24) is 10.2 Å². The van der Waals surface area contributed by atoms with Crippen LogP contribution in [0.3, 0.4) is 0 Å². The van der Waals surface area contributed by atoms with Gasteiger partial charge in [0.25, 0.3) is 0 Å². The van der Waals surface area contributed by atoms with E-state index in [2.05, 4.69) is 44.0 Å². The van der Waals surface area contributed by atoms with Crippen LogP contribution in [0, 0.1) is 22.7 Å². The first-order valence-corrected chi connectivity index (χ1v) is 8.24. The molecule has 1 heterocycles. The van der Waals surface area contributed by atoms with Crippen LogP contribution in [-0.4, -0.2) is 36.1 Å². The van der Waals surface area contributed by atoms with Gasteiger partial charge in [0.15, 0.2) is 0 Å². The van der Waals surface area contributed by atoms with Gasteiger partial charge in [-0.3, -0.25) is 5.32 Å². The van der Waals surface area contributed by atoms with Crippen LogP contribution in [0.15, 0.2) is 0 Å². The molecule has 0 aromatic carbocycles. The van der Waals surface area contributed by atoms with Gasteiger partial charge < -0.3 is 4.90 Å². The van der Waals surface area contributed by atoms with Gasteiger partial charge in [0, 0.05) is 12.6 Å². The summed E-state index contributed by atoms with van der Waals surface area (Å²) in [4.78, 5) is 2.59. The predicted octanol–water partition coefficient (Wildman–Crippen LogP) is 3.17. The van der Waals surface area contributed by atoms with Crippen molar-refractivity contribution in [3.05, 3.63) is 0 Å². The van der Waals surface area contributed by atoms with Gasteiger partial charge in [-0.05, 0) is 63.5 Å². The summed E-state index contributed by atoms with van der Waals surface area (Å²) in [6.07, 6.45) is 5.92. The summed E-state index contributed by atoms with van der Waals surface area (Å²) >= 11 is 0. The molecular formula is C17H31N3. The van der Waals surface area contributed by atoms with Gasteiger partial charge in [-0.15, -0.1) is 0 Å². The van der Waals surface area contributed by atoms with Crippen LogP contribution in [0.4, 0.5) is 0 Å². The van der Waals surface area contributed by atoms with Crippen LogP contribution in [0.2, 0.25) is 0 Å². The summed E-state index contributed by atoms with van der Waals surface area (Å²) in [6, 6.07) is 3.09. The maximum Gasteiger partial charge on any atom is 0.104 e. The molecule has 3 heteroatoms. The molecule has 0 amide bonds. The van der Waals surface area contributed by atoms with Crippen LogP contribution in [0.1, 0.15) is 59.8 Å². The van der Waals surface area contributed by atoms with E-state index in [9.17, 15) is 5.26 Å². The van der Waals surface area contributed by atoms with Crippen LogP contribution >= 0.6 is 0 Å². The molecule has 2 unspecified atom stereocenters. The molecule has 114 valence electrons. The van der Waals surface area contributed by atoms with Crippen molar-refractivity contribution in [2.75, 3.05) is 19.6 Å². The van der Waals surface area contributed by atoms with E-state index in [1.54, 1.807) is 0 Å². The van der Waals surface area contributed by atoms with Crippen LogP contribution in [-0.2, 0) is 0 Å². The number of likely N-dealkylation sites (tertiary alicyclic amines) is 1. The normalized spacial score (nSPS) is 27.2. The highest BCUT2D eigenvalue weighted by Crippen LogP contribution is 2.33. The fraction of sp³-hybridized carbons (Fsp3) is 0.941. The lowest BCUT2D eigenvalue weighted by Gasteiger charge is -2.28. The summed E-state index contributed by atoms with van der Waals surface area (Å²) in [5, 5.41) is 12.9. The summed E-state index contributed by atoms with van der Waals surface area (Å²) in [7, 11) is 0. The third kappa shape index (κ3) is 4.46. The number of nitrogens with one attached hydrogen (secondary N) is 1. The zero-order valence-corrected chi connectivity index (χ0v) is 13.7.